The zero-order valence-electron chi connectivity index (χ0n) is 15.7. The van der Waals surface area contributed by atoms with Crippen molar-refractivity contribution in [3.8, 4) is 5.75 Å². The summed E-state index contributed by atoms with van der Waals surface area (Å²) in [7, 11) is 0. The number of benzene rings is 2. The van der Waals surface area contributed by atoms with Gasteiger partial charge >= 0.3 is 0 Å². The molecule has 0 amide bonds. The lowest BCUT2D eigenvalue weighted by atomic mass is 9.80. The summed E-state index contributed by atoms with van der Waals surface area (Å²) in [5.74, 6) is 1.10. The second kappa shape index (κ2) is 9.76. The number of anilines is 1. The molecular formula is C22H31NOS. The zero-order valence-corrected chi connectivity index (χ0v) is 16.5. The number of rotatable bonds is 10. The van der Waals surface area contributed by atoms with Gasteiger partial charge in [-0.2, -0.15) is 0 Å². The van der Waals surface area contributed by atoms with Crippen molar-refractivity contribution in [2.45, 2.75) is 63.2 Å². The quantitative estimate of drug-likeness (QED) is 0.278. The van der Waals surface area contributed by atoms with Gasteiger partial charge in [-0.15, -0.1) is 11.8 Å². The van der Waals surface area contributed by atoms with Gasteiger partial charge in [-0.05, 0) is 41.7 Å². The van der Waals surface area contributed by atoms with E-state index in [0.29, 0.717) is 5.75 Å². The van der Waals surface area contributed by atoms with Gasteiger partial charge in [0, 0.05) is 5.69 Å². The van der Waals surface area contributed by atoms with E-state index in [0.717, 1.165) is 16.5 Å². The highest BCUT2D eigenvalue weighted by Crippen LogP contribution is 2.36. The van der Waals surface area contributed by atoms with Crippen LogP contribution in [0.3, 0.4) is 0 Å². The van der Waals surface area contributed by atoms with E-state index in [4.69, 9.17) is 0 Å². The van der Waals surface area contributed by atoms with Crippen LogP contribution < -0.4 is 5.32 Å². The molecule has 0 aliphatic carbocycles. The van der Waals surface area contributed by atoms with Crippen LogP contribution in [0.15, 0.2) is 53.4 Å². The topological polar surface area (TPSA) is 32.3 Å². The van der Waals surface area contributed by atoms with Crippen LogP contribution in [0.2, 0.25) is 0 Å². The molecule has 0 aromatic heterocycles. The number of phenolic OH excluding ortho intramolecular Hbond substituents is 1. The van der Waals surface area contributed by atoms with Crippen molar-refractivity contribution in [3.63, 3.8) is 0 Å². The van der Waals surface area contributed by atoms with E-state index in [1.807, 2.05) is 24.3 Å². The lowest BCUT2D eigenvalue weighted by Gasteiger charge is -2.26. The third-order valence-electron chi connectivity index (χ3n) is 4.67. The molecule has 0 aliphatic rings. The second-order valence-corrected chi connectivity index (χ2v) is 8.23. The van der Waals surface area contributed by atoms with Crippen molar-refractivity contribution < 1.29 is 5.11 Å². The molecule has 2 nitrogen and oxygen atoms in total. The van der Waals surface area contributed by atoms with Crippen LogP contribution in [0.25, 0.3) is 0 Å². The predicted molar refractivity (Wildman–Crippen MR) is 111 cm³/mol. The van der Waals surface area contributed by atoms with Crippen molar-refractivity contribution in [3.05, 3.63) is 54.1 Å². The van der Waals surface area contributed by atoms with E-state index >= 15 is 0 Å². The Bertz CT molecular complexity index is 640. The summed E-state index contributed by atoms with van der Waals surface area (Å²) in [5.41, 5.74) is 2.55. The van der Waals surface area contributed by atoms with Crippen LogP contribution >= 0.6 is 11.8 Å². The van der Waals surface area contributed by atoms with Crippen LogP contribution in [0, 0.1) is 0 Å². The van der Waals surface area contributed by atoms with Gasteiger partial charge in [0.05, 0.1) is 10.8 Å². The molecule has 0 spiro atoms. The number of para-hydroxylation sites is 1. The van der Waals surface area contributed by atoms with Gasteiger partial charge < -0.3 is 10.4 Å². The first-order valence-corrected chi connectivity index (χ1v) is 10.3. The van der Waals surface area contributed by atoms with E-state index in [1.165, 1.54) is 37.7 Å². The maximum absolute atomic E-state index is 10.2. The Labute approximate surface area is 157 Å². The van der Waals surface area contributed by atoms with Crippen molar-refractivity contribution in [1.29, 1.82) is 0 Å². The molecular weight excluding hydrogens is 326 g/mol. The number of unbranched alkanes of at least 4 members (excludes halogenated alkanes) is 3. The molecule has 0 aliphatic heterocycles. The van der Waals surface area contributed by atoms with Gasteiger partial charge in [-0.3, -0.25) is 0 Å². The Kier molecular flexibility index (Phi) is 7.70. The molecule has 0 radical (unpaired) electrons. The first-order chi connectivity index (χ1) is 12.0. The Morgan fingerprint density at radius 2 is 1.76 bits per heavy atom. The Morgan fingerprint density at radius 3 is 2.48 bits per heavy atom. The molecule has 25 heavy (non-hydrogen) atoms. The molecule has 0 saturated carbocycles. The van der Waals surface area contributed by atoms with Crippen molar-refractivity contribution in [1.82, 2.24) is 0 Å². The first kappa shape index (κ1) is 19.7. The van der Waals surface area contributed by atoms with Gasteiger partial charge in [0.1, 0.15) is 5.75 Å². The van der Waals surface area contributed by atoms with Crippen molar-refractivity contribution in [2.75, 3.05) is 11.2 Å². The normalized spacial score (nSPS) is 11.5. The predicted octanol–water partition coefficient (Wildman–Crippen LogP) is 6.80. The molecule has 2 N–H and O–H groups in total. The smallest absolute Gasteiger partial charge is 0.129 e. The largest absolute Gasteiger partial charge is 0.507 e. The SMILES string of the molecule is CCCCCCC(C)(C)c1ccc(O)c(SCNc2ccccc2)c1. The monoisotopic (exact) mass is 357 g/mol. The minimum atomic E-state index is 0.142. The second-order valence-electron chi connectivity index (χ2n) is 7.21. The van der Waals surface area contributed by atoms with Crippen molar-refractivity contribution in [2.24, 2.45) is 0 Å². The Balaban J connectivity index is 1.96. The summed E-state index contributed by atoms with van der Waals surface area (Å²) in [5, 5.41) is 13.6. The third-order valence-corrected chi connectivity index (χ3v) is 5.60. The lowest BCUT2D eigenvalue weighted by molar-refractivity contribution is 0.439. The van der Waals surface area contributed by atoms with E-state index in [9.17, 15) is 5.11 Å². The minimum absolute atomic E-state index is 0.142. The van der Waals surface area contributed by atoms with E-state index < -0.39 is 0 Å². The molecule has 0 atom stereocenters. The van der Waals surface area contributed by atoms with Gasteiger partial charge in [-0.1, -0.05) is 70.7 Å². The van der Waals surface area contributed by atoms with E-state index in [2.05, 4.69) is 50.4 Å². The van der Waals surface area contributed by atoms with Gasteiger partial charge in [0.25, 0.3) is 0 Å². The maximum atomic E-state index is 10.2. The fraction of sp³-hybridized carbons (Fsp3) is 0.455. The number of nitrogens with one attached hydrogen (secondary N) is 1. The summed E-state index contributed by atoms with van der Waals surface area (Å²) in [6.45, 7) is 6.86. The Hall–Kier alpha value is -1.61. The molecule has 3 heteroatoms. The van der Waals surface area contributed by atoms with Crippen LogP contribution in [0.4, 0.5) is 5.69 Å². The fourth-order valence-electron chi connectivity index (χ4n) is 2.94. The van der Waals surface area contributed by atoms with Crippen molar-refractivity contribution >= 4 is 17.4 Å². The van der Waals surface area contributed by atoms with Gasteiger partial charge in [0.15, 0.2) is 0 Å². The highest BCUT2D eigenvalue weighted by Gasteiger charge is 2.21. The third kappa shape index (κ3) is 6.32. The van der Waals surface area contributed by atoms with Crippen LogP contribution in [-0.2, 0) is 5.41 Å². The highest BCUT2D eigenvalue weighted by molar-refractivity contribution is 7.99. The zero-order chi connectivity index (χ0) is 18.1. The maximum Gasteiger partial charge on any atom is 0.129 e. The standard InChI is InChI=1S/C22H31NOS/c1-4-5-6-10-15-22(2,3)18-13-14-20(24)21(16-18)25-17-23-19-11-8-7-9-12-19/h7-9,11-14,16,23-24H,4-6,10,15,17H2,1-3H3. The molecule has 0 fully saturated rings. The average molecular weight is 358 g/mol. The van der Waals surface area contributed by atoms with E-state index in [1.54, 1.807) is 11.8 Å². The minimum Gasteiger partial charge on any atom is -0.507 e. The molecule has 2 rings (SSSR count). The summed E-state index contributed by atoms with van der Waals surface area (Å²) in [6.07, 6.45) is 6.34. The molecule has 0 saturated heterocycles. The number of thioether (sulfide) groups is 1. The molecule has 0 bridgehead atoms. The first-order valence-electron chi connectivity index (χ1n) is 9.28. The summed E-state index contributed by atoms with van der Waals surface area (Å²) in [4.78, 5) is 0.947. The van der Waals surface area contributed by atoms with Crippen LogP contribution in [-0.4, -0.2) is 11.0 Å². The summed E-state index contributed by atoms with van der Waals surface area (Å²) < 4.78 is 0. The van der Waals surface area contributed by atoms with Gasteiger partial charge in [-0.25, -0.2) is 0 Å². The summed E-state index contributed by atoms with van der Waals surface area (Å²) >= 11 is 1.64. The number of hydrogen-bond acceptors (Lipinski definition) is 3. The molecule has 136 valence electrons. The van der Waals surface area contributed by atoms with Crippen LogP contribution in [0.1, 0.15) is 58.4 Å². The van der Waals surface area contributed by atoms with Crippen LogP contribution in [0.5, 0.6) is 5.75 Å². The Morgan fingerprint density at radius 1 is 1.00 bits per heavy atom. The number of aromatic hydroxyl groups is 1. The molecule has 2 aromatic rings. The van der Waals surface area contributed by atoms with E-state index in [-0.39, 0.29) is 5.41 Å². The number of phenols is 1. The number of hydrogen-bond donors (Lipinski definition) is 2. The van der Waals surface area contributed by atoms with Gasteiger partial charge in [0.2, 0.25) is 0 Å². The lowest BCUT2D eigenvalue weighted by Crippen LogP contribution is -2.17. The molecule has 0 heterocycles. The highest BCUT2D eigenvalue weighted by atomic mass is 32.2. The average Bonchev–Trinajstić information content (AvgIpc) is 2.61. The molecule has 2 aromatic carbocycles. The molecule has 0 unspecified atom stereocenters. The fourth-order valence-corrected chi connectivity index (χ4v) is 3.76. The summed E-state index contributed by atoms with van der Waals surface area (Å²) in [6, 6.07) is 16.2.